The molecule has 0 N–H and O–H groups in total. The molecule has 0 aliphatic heterocycles. The molecule has 4 heteroatoms. The highest BCUT2D eigenvalue weighted by molar-refractivity contribution is 7.13. The van der Waals surface area contributed by atoms with E-state index in [0.717, 1.165) is 22.2 Å². The Morgan fingerprint density at radius 3 is 2.53 bits per heavy atom. The van der Waals surface area contributed by atoms with E-state index in [9.17, 15) is 0 Å². The number of aromatic nitrogens is 1. The van der Waals surface area contributed by atoms with Crippen molar-refractivity contribution in [3.63, 3.8) is 0 Å². The summed E-state index contributed by atoms with van der Waals surface area (Å²) in [5, 5.41) is 5.00. The van der Waals surface area contributed by atoms with Crippen LogP contribution in [0.2, 0.25) is 0 Å². The lowest BCUT2D eigenvalue weighted by molar-refractivity contribution is 0.341. The minimum absolute atomic E-state index is 0.733. The van der Waals surface area contributed by atoms with Gasteiger partial charge in [0.05, 0.1) is 5.69 Å². The maximum absolute atomic E-state index is 5.33. The first-order chi connectivity index (χ1) is 8.16. The van der Waals surface area contributed by atoms with Gasteiger partial charge < -0.3 is 4.84 Å². The van der Waals surface area contributed by atoms with Gasteiger partial charge in [-0.05, 0) is 32.9 Å². The van der Waals surface area contributed by atoms with Crippen molar-refractivity contribution in [3.8, 4) is 5.75 Å². The smallest absolute Gasteiger partial charge is 0.157 e. The fraction of sp³-hybridized carbons (Fsp3) is 0.231. The van der Waals surface area contributed by atoms with Gasteiger partial charge in [0.2, 0.25) is 0 Å². The van der Waals surface area contributed by atoms with Crippen LogP contribution < -0.4 is 4.84 Å². The van der Waals surface area contributed by atoms with Crippen LogP contribution in [0.1, 0.15) is 22.5 Å². The lowest BCUT2D eigenvalue weighted by atomic mass is 10.3. The summed E-state index contributed by atoms with van der Waals surface area (Å²) < 4.78 is 0. The van der Waals surface area contributed by atoms with Crippen LogP contribution in [0.15, 0.2) is 35.5 Å². The van der Waals surface area contributed by atoms with Crippen LogP contribution in [0.25, 0.3) is 0 Å². The molecule has 17 heavy (non-hydrogen) atoms. The third kappa shape index (κ3) is 2.91. The third-order valence-electron chi connectivity index (χ3n) is 2.37. The van der Waals surface area contributed by atoms with Gasteiger partial charge in [0.1, 0.15) is 10.7 Å². The molecule has 3 nitrogen and oxygen atoms in total. The molecular weight excluding hydrogens is 232 g/mol. The van der Waals surface area contributed by atoms with Gasteiger partial charge in [-0.25, -0.2) is 4.98 Å². The van der Waals surface area contributed by atoms with E-state index in [1.165, 1.54) is 4.88 Å². The predicted octanol–water partition coefficient (Wildman–Crippen LogP) is 3.56. The summed E-state index contributed by atoms with van der Waals surface area (Å²) in [6.45, 7) is 5.96. The number of nitrogens with zero attached hydrogens (tertiary/aromatic N) is 2. The van der Waals surface area contributed by atoms with Crippen LogP contribution >= 0.6 is 11.3 Å². The van der Waals surface area contributed by atoms with Crippen molar-refractivity contribution in [2.75, 3.05) is 0 Å². The zero-order chi connectivity index (χ0) is 12.3. The molecule has 1 aromatic carbocycles. The molecule has 0 bridgehead atoms. The zero-order valence-electron chi connectivity index (χ0n) is 10.1. The molecule has 0 aliphatic carbocycles. The van der Waals surface area contributed by atoms with E-state index >= 15 is 0 Å². The van der Waals surface area contributed by atoms with Crippen molar-refractivity contribution in [3.05, 3.63) is 45.9 Å². The van der Waals surface area contributed by atoms with Crippen molar-refractivity contribution in [2.45, 2.75) is 20.8 Å². The van der Waals surface area contributed by atoms with Gasteiger partial charge in [0, 0.05) is 4.88 Å². The summed E-state index contributed by atoms with van der Waals surface area (Å²) in [4.78, 5) is 11.0. The number of hydrogen-bond acceptors (Lipinski definition) is 4. The fourth-order valence-corrected chi connectivity index (χ4v) is 2.12. The van der Waals surface area contributed by atoms with E-state index < -0.39 is 0 Å². The molecule has 88 valence electrons. The first kappa shape index (κ1) is 11.8. The lowest BCUT2D eigenvalue weighted by Crippen LogP contribution is -1.97. The average Bonchev–Trinajstić information content (AvgIpc) is 2.68. The Bertz CT molecular complexity index is 512. The normalized spacial score (nSPS) is 11.6. The zero-order valence-corrected chi connectivity index (χ0v) is 10.9. The first-order valence-corrected chi connectivity index (χ1v) is 6.19. The van der Waals surface area contributed by atoms with Crippen LogP contribution in [0, 0.1) is 13.8 Å². The summed E-state index contributed by atoms with van der Waals surface area (Å²) in [5.74, 6) is 0.733. The van der Waals surface area contributed by atoms with Crippen molar-refractivity contribution >= 4 is 17.0 Å². The molecule has 0 aliphatic rings. The van der Waals surface area contributed by atoms with Crippen LogP contribution in [0.4, 0.5) is 0 Å². The van der Waals surface area contributed by atoms with Crippen LogP contribution in [0.5, 0.6) is 5.75 Å². The molecule has 0 fully saturated rings. The van der Waals surface area contributed by atoms with Crippen LogP contribution in [-0.4, -0.2) is 10.7 Å². The van der Waals surface area contributed by atoms with E-state index in [-0.39, 0.29) is 0 Å². The molecule has 0 saturated carbocycles. The van der Waals surface area contributed by atoms with Crippen LogP contribution in [0.3, 0.4) is 0 Å². The second-order valence-electron chi connectivity index (χ2n) is 3.74. The molecular formula is C13H14N2OS. The van der Waals surface area contributed by atoms with Gasteiger partial charge in [-0.1, -0.05) is 23.4 Å². The van der Waals surface area contributed by atoms with Gasteiger partial charge in [-0.2, -0.15) is 0 Å². The Hall–Kier alpha value is -1.68. The van der Waals surface area contributed by atoms with Gasteiger partial charge in [0.25, 0.3) is 0 Å². The Morgan fingerprint density at radius 1 is 1.24 bits per heavy atom. The van der Waals surface area contributed by atoms with Gasteiger partial charge in [-0.3, -0.25) is 0 Å². The molecule has 1 heterocycles. The van der Waals surface area contributed by atoms with Crippen molar-refractivity contribution in [1.29, 1.82) is 0 Å². The summed E-state index contributed by atoms with van der Waals surface area (Å²) in [7, 11) is 0. The monoisotopic (exact) mass is 246 g/mol. The molecule has 0 spiro atoms. The highest BCUT2D eigenvalue weighted by Crippen LogP contribution is 2.17. The Kier molecular flexibility index (Phi) is 3.54. The SMILES string of the molecule is C/C(=N/Oc1ccccc1)c1nc(C)c(C)s1. The molecule has 0 radical (unpaired) electrons. The Labute approximate surface area is 105 Å². The molecule has 2 aromatic rings. The van der Waals surface area contributed by atoms with Crippen molar-refractivity contribution < 1.29 is 4.84 Å². The number of oxime groups is 1. The van der Waals surface area contributed by atoms with Gasteiger partial charge in [0.15, 0.2) is 5.75 Å². The van der Waals surface area contributed by atoms with Gasteiger partial charge >= 0.3 is 0 Å². The third-order valence-corrected chi connectivity index (χ3v) is 3.55. The number of rotatable bonds is 3. The van der Waals surface area contributed by atoms with Crippen molar-refractivity contribution in [2.24, 2.45) is 5.16 Å². The standard InChI is InChI=1S/C13H14N2OS/c1-9-11(3)17-13(14-9)10(2)15-16-12-7-5-4-6-8-12/h4-8H,1-3H3/b15-10-. The summed E-state index contributed by atoms with van der Waals surface area (Å²) in [6, 6.07) is 9.51. The Balaban J connectivity index is 2.12. The largest absolute Gasteiger partial charge is 0.357 e. The predicted molar refractivity (Wildman–Crippen MR) is 70.9 cm³/mol. The summed E-state index contributed by atoms with van der Waals surface area (Å²) in [5.41, 5.74) is 1.86. The van der Waals surface area contributed by atoms with Crippen molar-refractivity contribution in [1.82, 2.24) is 4.98 Å². The number of hydrogen-bond donors (Lipinski definition) is 0. The second-order valence-corrected chi connectivity index (χ2v) is 4.94. The van der Waals surface area contributed by atoms with E-state index in [1.54, 1.807) is 11.3 Å². The average molecular weight is 246 g/mol. The first-order valence-electron chi connectivity index (χ1n) is 5.38. The minimum Gasteiger partial charge on any atom is -0.357 e. The molecule has 1 aromatic heterocycles. The van der Waals surface area contributed by atoms with E-state index in [1.807, 2.05) is 44.2 Å². The summed E-state index contributed by atoms with van der Waals surface area (Å²) in [6.07, 6.45) is 0. The number of para-hydroxylation sites is 1. The quantitative estimate of drug-likeness (QED) is 0.613. The number of aryl methyl sites for hydroxylation is 2. The molecule has 0 atom stereocenters. The maximum Gasteiger partial charge on any atom is 0.157 e. The lowest BCUT2D eigenvalue weighted by Gasteiger charge is -1.98. The Morgan fingerprint density at radius 2 is 1.94 bits per heavy atom. The van der Waals surface area contributed by atoms with E-state index in [0.29, 0.717) is 0 Å². The molecule has 2 rings (SSSR count). The molecule has 0 saturated heterocycles. The fourth-order valence-electron chi connectivity index (χ4n) is 1.27. The number of benzene rings is 1. The number of thiazole rings is 1. The van der Waals surface area contributed by atoms with Gasteiger partial charge in [-0.15, -0.1) is 11.3 Å². The maximum atomic E-state index is 5.33. The molecule has 0 unspecified atom stereocenters. The second kappa shape index (κ2) is 5.10. The topological polar surface area (TPSA) is 34.5 Å². The van der Waals surface area contributed by atoms with E-state index in [4.69, 9.17) is 4.84 Å². The molecule has 0 amide bonds. The summed E-state index contributed by atoms with van der Waals surface area (Å²) >= 11 is 1.64. The highest BCUT2D eigenvalue weighted by Gasteiger charge is 2.06. The van der Waals surface area contributed by atoms with Crippen LogP contribution in [-0.2, 0) is 0 Å². The van der Waals surface area contributed by atoms with E-state index in [2.05, 4.69) is 17.1 Å². The minimum atomic E-state index is 0.733. The highest BCUT2D eigenvalue weighted by atomic mass is 32.1.